The van der Waals surface area contributed by atoms with Crippen molar-refractivity contribution in [1.29, 1.82) is 0 Å². The Morgan fingerprint density at radius 2 is 2.09 bits per heavy atom. The molecule has 2 aliphatic rings. The van der Waals surface area contributed by atoms with Gasteiger partial charge >= 0.3 is 6.09 Å². The molecule has 1 aromatic heterocycles. The first kappa shape index (κ1) is 21.8. The standard InChI is InChI=1S/C20H23FN6O4S/c1-24(20(32)30-2)17-11-27(19(29)31-17)13-3-4-16(14(21)9-13)25-5-7-26(8-6-25)18(28)15-10-22-12-23-15/h3-4,9-10,12,17H,5-8,11H2,1-2H3,(H,22,23)/t17-/m0/s1. The smallest absolute Gasteiger partial charge is 0.416 e. The Balaban J connectivity index is 1.40. The van der Waals surface area contributed by atoms with E-state index in [1.807, 2.05) is 4.90 Å². The van der Waals surface area contributed by atoms with Gasteiger partial charge in [0.1, 0.15) is 11.5 Å². The van der Waals surface area contributed by atoms with Crippen LogP contribution >= 0.6 is 12.2 Å². The minimum atomic E-state index is -0.627. The molecule has 10 nitrogen and oxygen atoms in total. The molecule has 0 saturated carbocycles. The number of benzene rings is 1. The van der Waals surface area contributed by atoms with Crippen molar-refractivity contribution >= 4 is 40.8 Å². The van der Waals surface area contributed by atoms with Crippen LogP contribution in [0.2, 0.25) is 0 Å². The summed E-state index contributed by atoms with van der Waals surface area (Å²) in [6.45, 7) is 2.09. The summed E-state index contributed by atoms with van der Waals surface area (Å²) >= 11 is 5.07. The summed E-state index contributed by atoms with van der Waals surface area (Å²) in [4.78, 5) is 37.9. The van der Waals surface area contributed by atoms with Gasteiger partial charge < -0.3 is 24.3 Å². The number of cyclic esters (lactones) is 1. The number of aromatic amines is 1. The molecule has 12 heteroatoms. The zero-order valence-electron chi connectivity index (χ0n) is 17.7. The monoisotopic (exact) mass is 462 g/mol. The average molecular weight is 463 g/mol. The maximum Gasteiger partial charge on any atom is 0.416 e. The summed E-state index contributed by atoms with van der Waals surface area (Å²) in [6, 6.07) is 4.63. The second-order valence-corrected chi connectivity index (χ2v) is 7.76. The van der Waals surface area contributed by atoms with Gasteiger partial charge in [-0.05, 0) is 30.4 Å². The van der Waals surface area contributed by atoms with E-state index in [4.69, 9.17) is 21.7 Å². The molecule has 0 bridgehead atoms. The number of aromatic nitrogens is 2. The molecular weight excluding hydrogens is 439 g/mol. The molecule has 0 unspecified atom stereocenters. The van der Waals surface area contributed by atoms with Crippen molar-refractivity contribution in [1.82, 2.24) is 19.8 Å². The van der Waals surface area contributed by atoms with Crippen LogP contribution in [-0.4, -0.2) is 90.1 Å². The lowest BCUT2D eigenvalue weighted by Crippen LogP contribution is -2.49. The van der Waals surface area contributed by atoms with Gasteiger partial charge in [-0.1, -0.05) is 0 Å². The maximum absolute atomic E-state index is 15.0. The molecule has 1 atom stereocenters. The normalized spacial score (nSPS) is 18.5. The summed E-state index contributed by atoms with van der Waals surface area (Å²) in [6.07, 6.45) is 1.74. The minimum Gasteiger partial charge on any atom is -0.474 e. The number of thiocarbonyl (C=S) groups is 1. The Morgan fingerprint density at radius 1 is 1.34 bits per heavy atom. The molecule has 2 fully saturated rings. The highest BCUT2D eigenvalue weighted by atomic mass is 32.1. The summed E-state index contributed by atoms with van der Waals surface area (Å²) in [7, 11) is 3.10. The maximum atomic E-state index is 15.0. The molecule has 170 valence electrons. The van der Waals surface area contributed by atoms with Gasteiger partial charge in [0.15, 0.2) is 6.23 Å². The zero-order valence-corrected chi connectivity index (χ0v) is 18.5. The number of imidazole rings is 1. The van der Waals surface area contributed by atoms with Crippen LogP contribution in [0, 0.1) is 5.82 Å². The van der Waals surface area contributed by atoms with E-state index in [2.05, 4.69) is 9.97 Å². The number of nitrogens with zero attached hydrogens (tertiary/aromatic N) is 5. The Labute approximate surface area is 189 Å². The van der Waals surface area contributed by atoms with Gasteiger partial charge in [0, 0.05) is 33.2 Å². The molecule has 2 amide bonds. The van der Waals surface area contributed by atoms with Crippen LogP contribution in [-0.2, 0) is 9.47 Å². The number of ether oxygens (including phenoxy) is 2. The van der Waals surface area contributed by atoms with Crippen LogP contribution in [0.1, 0.15) is 10.5 Å². The van der Waals surface area contributed by atoms with E-state index in [0.717, 1.165) is 0 Å². The molecule has 0 radical (unpaired) electrons. The predicted molar refractivity (Wildman–Crippen MR) is 118 cm³/mol. The van der Waals surface area contributed by atoms with Gasteiger partial charge in [0.2, 0.25) is 0 Å². The molecule has 2 aliphatic heterocycles. The molecule has 0 aliphatic carbocycles. The van der Waals surface area contributed by atoms with Crippen LogP contribution < -0.4 is 9.80 Å². The van der Waals surface area contributed by atoms with E-state index in [1.54, 1.807) is 24.1 Å². The third kappa shape index (κ3) is 4.17. The molecule has 3 heterocycles. The van der Waals surface area contributed by atoms with Gasteiger partial charge in [0.05, 0.1) is 37.6 Å². The van der Waals surface area contributed by atoms with Crippen molar-refractivity contribution in [3.8, 4) is 0 Å². The summed E-state index contributed by atoms with van der Waals surface area (Å²) in [5.74, 6) is -0.578. The van der Waals surface area contributed by atoms with Gasteiger partial charge in [-0.3, -0.25) is 14.6 Å². The van der Waals surface area contributed by atoms with Crippen LogP contribution in [0.3, 0.4) is 0 Å². The molecule has 4 rings (SSSR count). The first-order valence-corrected chi connectivity index (χ1v) is 10.4. The van der Waals surface area contributed by atoms with E-state index in [9.17, 15) is 14.0 Å². The van der Waals surface area contributed by atoms with Crippen LogP contribution in [0.4, 0.5) is 20.6 Å². The van der Waals surface area contributed by atoms with Gasteiger partial charge in [-0.15, -0.1) is 0 Å². The van der Waals surface area contributed by atoms with Gasteiger partial charge in [-0.25, -0.2) is 14.2 Å². The van der Waals surface area contributed by atoms with E-state index >= 15 is 0 Å². The molecule has 1 N–H and O–H groups in total. The molecular formula is C20H23FN6O4S. The van der Waals surface area contributed by atoms with Crippen molar-refractivity contribution in [2.75, 3.05) is 56.7 Å². The van der Waals surface area contributed by atoms with Crippen molar-refractivity contribution in [3.05, 3.63) is 42.2 Å². The Hall–Kier alpha value is -3.41. The Kier molecular flexibility index (Phi) is 6.12. The third-order valence-electron chi connectivity index (χ3n) is 5.57. The highest BCUT2D eigenvalue weighted by Crippen LogP contribution is 2.29. The predicted octanol–water partition coefficient (Wildman–Crippen LogP) is 1.66. The van der Waals surface area contributed by atoms with Gasteiger partial charge in [0.25, 0.3) is 11.1 Å². The highest BCUT2D eigenvalue weighted by Gasteiger charge is 2.36. The third-order valence-corrected chi connectivity index (χ3v) is 6.02. The van der Waals surface area contributed by atoms with E-state index in [-0.39, 0.29) is 17.6 Å². The number of hydrogen-bond acceptors (Lipinski definition) is 7. The van der Waals surface area contributed by atoms with Crippen LogP contribution in [0.5, 0.6) is 0 Å². The fourth-order valence-corrected chi connectivity index (χ4v) is 3.85. The topological polar surface area (TPSA) is 94.2 Å². The molecule has 1 aromatic carbocycles. The number of carbonyl (C=O) groups is 2. The summed E-state index contributed by atoms with van der Waals surface area (Å²) < 4.78 is 25.3. The molecule has 0 spiro atoms. The lowest BCUT2D eigenvalue weighted by atomic mass is 10.2. The second kappa shape index (κ2) is 8.99. The highest BCUT2D eigenvalue weighted by molar-refractivity contribution is 7.80. The Bertz CT molecular complexity index is 1010. The van der Waals surface area contributed by atoms with E-state index in [1.165, 1.54) is 35.5 Å². The molecule has 2 saturated heterocycles. The molecule has 32 heavy (non-hydrogen) atoms. The summed E-state index contributed by atoms with van der Waals surface area (Å²) in [5.41, 5.74) is 1.24. The second-order valence-electron chi connectivity index (χ2n) is 7.41. The average Bonchev–Trinajstić information content (AvgIpc) is 3.48. The summed E-state index contributed by atoms with van der Waals surface area (Å²) in [5, 5.41) is 0.191. The number of H-pyrrole nitrogens is 1. The van der Waals surface area contributed by atoms with E-state index < -0.39 is 18.1 Å². The lowest BCUT2D eigenvalue weighted by Gasteiger charge is -2.36. The zero-order chi connectivity index (χ0) is 22.8. The number of rotatable bonds is 4. The first-order valence-electron chi connectivity index (χ1n) is 10.00. The first-order chi connectivity index (χ1) is 15.4. The number of piperazine rings is 1. The minimum absolute atomic E-state index is 0.127. The number of likely N-dealkylation sites (N-methyl/N-ethyl adjacent to an activating group) is 1. The lowest BCUT2D eigenvalue weighted by molar-refractivity contribution is 0.0677. The largest absolute Gasteiger partial charge is 0.474 e. The van der Waals surface area contributed by atoms with Gasteiger partial charge in [-0.2, -0.15) is 0 Å². The van der Waals surface area contributed by atoms with Crippen molar-refractivity contribution < 1.29 is 23.5 Å². The fourth-order valence-electron chi connectivity index (χ4n) is 3.74. The fraction of sp³-hybridized carbons (Fsp3) is 0.400. The van der Waals surface area contributed by atoms with E-state index in [0.29, 0.717) is 43.2 Å². The van der Waals surface area contributed by atoms with Crippen LogP contribution in [0.25, 0.3) is 0 Å². The number of hydrogen-bond donors (Lipinski definition) is 1. The van der Waals surface area contributed by atoms with Crippen LogP contribution in [0.15, 0.2) is 30.7 Å². The Morgan fingerprint density at radius 3 is 2.72 bits per heavy atom. The van der Waals surface area contributed by atoms with Crippen molar-refractivity contribution in [2.45, 2.75) is 6.23 Å². The number of methoxy groups -OCH3 is 1. The number of halogens is 1. The number of anilines is 2. The van der Waals surface area contributed by atoms with Crippen molar-refractivity contribution in [2.24, 2.45) is 0 Å². The number of nitrogens with one attached hydrogen (secondary N) is 1. The SMILES string of the molecule is COC(=S)N(C)[C@@H]1CN(c2ccc(N3CCN(C(=O)c4cnc[nH]4)CC3)c(F)c2)C(=O)O1. The molecule has 2 aromatic rings. The number of carbonyl (C=O) groups excluding carboxylic acids is 2. The quantitative estimate of drug-likeness (QED) is 0.686. The number of amides is 2. The van der Waals surface area contributed by atoms with Crippen molar-refractivity contribution in [3.63, 3.8) is 0 Å².